The number of benzene rings is 1. The summed E-state index contributed by atoms with van der Waals surface area (Å²) in [5.74, 6) is -0.436. The number of carbonyl (C=O) groups excluding carboxylic acids is 1. The number of piperidine rings is 1. The minimum Gasteiger partial charge on any atom is -0.338 e. The molecular formula is C18H18ClFN4O. The summed E-state index contributed by atoms with van der Waals surface area (Å²) in [6.45, 7) is 3.22. The maximum absolute atomic E-state index is 13.0. The highest BCUT2D eigenvalue weighted by Crippen LogP contribution is 2.25. The van der Waals surface area contributed by atoms with Crippen LogP contribution in [0.4, 0.5) is 4.39 Å². The van der Waals surface area contributed by atoms with Crippen molar-refractivity contribution in [2.45, 2.75) is 26.3 Å². The molecule has 130 valence electrons. The molecule has 2 heterocycles. The lowest BCUT2D eigenvalue weighted by atomic mass is 9.98. The second-order valence-electron chi connectivity index (χ2n) is 6.23. The van der Waals surface area contributed by atoms with E-state index in [4.69, 9.17) is 16.9 Å². The summed E-state index contributed by atoms with van der Waals surface area (Å²) in [6.07, 6.45) is 1.37. The molecule has 1 aliphatic heterocycles. The van der Waals surface area contributed by atoms with Gasteiger partial charge in [-0.1, -0.05) is 23.7 Å². The predicted molar refractivity (Wildman–Crippen MR) is 91.7 cm³/mol. The van der Waals surface area contributed by atoms with Gasteiger partial charge in [-0.2, -0.15) is 10.4 Å². The Balaban J connectivity index is 1.78. The number of halogens is 2. The van der Waals surface area contributed by atoms with Gasteiger partial charge < -0.3 is 4.90 Å². The first-order valence-corrected chi connectivity index (χ1v) is 8.53. The second-order valence-corrected chi connectivity index (χ2v) is 6.59. The number of nitrogens with zero attached hydrogens (tertiary/aromatic N) is 4. The van der Waals surface area contributed by atoms with Gasteiger partial charge in [-0.05, 0) is 37.5 Å². The Hall–Kier alpha value is -2.39. The molecule has 0 aliphatic carbocycles. The molecule has 0 atom stereocenters. The molecule has 25 heavy (non-hydrogen) atoms. The summed E-state index contributed by atoms with van der Waals surface area (Å²) in [7, 11) is 0. The molecule has 0 unspecified atom stereocenters. The first-order valence-electron chi connectivity index (χ1n) is 8.16. The fourth-order valence-electron chi connectivity index (χ4n) is 3.03. The highest BCUT2D eigenvalue weighted by atomic mass is 35.5. The van der Waals surface area contributed by atoms with Crippen LogP contribution in [0.15, 0.2) is 24.3 Å². The van der Waals surface area contributed by atoms with Gasteiger partial charge in [0.15, 0.2) is 0 Å². The van der Waals surface area contributed by atoms with E-state index in [9.17, 15) is 9.18 Å². The van der Waals surface area contributed by atoms with Crippen molar-refractivity contribution >= 4 is 17.5 Å². The highest BCUT2D eigenvalue weighted by Gasteiger charge is 2.28. The van der Waals surface area contributed by atoms with Crippen LogP contribution >= 0.6 is 11.6 Å². The van der Waals surface area contributed by atoms with Crippen LogP contribution in [0.1, 0.15) is 34.5 Å². The van der Waals surface area contributed by atoms with Gasteiger partial charge >= 0.3 is 0 Å². The number of nitriles is 1. The molecule has 0 spiro atoms. The van der Waals surface area contributed by atoms with Gasteiger partial charge in [0.1, 0.15) is 11.0 Å². The van der Waals surface area contributed by atoms with Gasteiger partial charge in [0, 0.05) is 19.0 Å². The number of amides is 1. The fourth-order valence-corrected chi connectivity index (χ4v) is 3.35. The average molecular weight is 361 g/mol. The first-order chi connectivity index (χ1) is 12.0. The Morgan fingerprint density at radius 1 is 1.36 bits per heavy atom. The third-order valence-electron chi connectivity index (χ3n) is 4.49. The maximum atomic E-state index is 13.0. The largest absolute Gasteiger partial charge is 0.338 e. The van der Waals surface area contributed by atoms with Crippen molar-refractivity contribution in [1.29, 1.82) is 5.26 Å². The van der Waals surface area contributed by atoms with E-state index in [0.29, 0.717) is 43.7 Å². The molecule has 3 rings (SSSR count). The first kappa shape index (κ1) is 17.4. The van der Waals surface area contributed by atoms with Crippen LogP contribution in [0.25, 0.3) is 0 Å². The molecule has 2 aromatic rings. The van der Waals surface area contributed by atoms with Crippen LogP contribution < -0.4 is 0 Å². The molecule has 0 saturated carbocycles. The number of carbonyl (C=O) groups is 1. The van der Waals surface area contributed by atoms with E-state index in [2.05, 4.69) is 11.2 Å². The summed E-state index contributed by atoms with van der Waals surface area (Å²) >= 11 is 6.41. The van der Waals surface area contributed by atoms with E-state index in [1.54, 1.807) is 28.6 Å². The predicted octanol–water partition coefficient (Wildman–Crippen LogP) is 3.41. The van der Waals surface area contributed by atoms with Crippen LogP contribution in [-0.4, -0.2) is 33.7 Å². The summed E-state index contributed by atoms with van der Waals surface area (Å²) in [6, 6.07) is 8.34. The Kier molecular flexibility index (Phi) is 5.05. The monoisotopic (exact) mass is 360 g/mol. The highest BCUT2D eigenvalue weighted by molar-refractivity contribution is 6.33. The standard InChI is InChI=1S/C18H18ClFN4O/c1-12-16(18(25)23-8-6-13(10-21)7-9-23)17(19)24(22-12)11-14-2-4-15(20)5-3-14/h2-5,13H,6-9,11H2,1H3. The molecule has 1 aliphatic rings. The second kappa shape index (κ2) is 7.24. The van der Waals surface area contributed by atoms with Gasteiger partial charge in [0.2, 0.25) is 0 Å². The Morgan fingerprint density at radius 3 is 2.60 bits per heavy atom. The van der Waals surface area contributed by atoms with Crippen molar-refractivity contribution in [3.8, 4) is 6.07 Å². The molecule has 1 amide bonds. The lowest BCUT2D eigenvalue weighted by molar-refractivity contribution is 0.0706. The van der Waals surface area contributed by atoms with Crippen LogP contribution in [0.5, 0.6) is 0 Å². The van der Waals surface area contributed by atoms with Crippen molar-refractivity contribution in [1.82, 2.24) is 14.7 Å². The minimum atomic E-state index is -0.303. The number of rotatable bonds is 3. The molecule has 1 aromatic heterocycles. The molecule has 0 N–H and O–H groups in total. The Labute approximate surface area is 150 Å². The Morgan fingerprint density at radius 2 is 2.00 bits per heavy atom. The summed E-state index contributed by atoms with van der Waals surface area (Å²) < 4.78 is 14.6. The van der Waals surface area contributed by atoms with Gasteiger partial charge in [0.25, 0.3) is 5.91 Å². The van der Waals surface area contributed by atoms with Gasteiger partial charge in [0.05, 0.1) is 23.9 Å². The van der Waals surface area contributed by atoms with E-state index in [-0.39, 0.29) is 22.8 Å². The van der Waals surface area contributed by atoms with Gasteiger partial charge in [-0.25, -0.2) is 9.07 Å². The number of aromatic nitrogens is 2. The van der Waals surface area contributed by atoms with Crippen molar-refractivity contribution in [3.63, 3.8) is 0 Å². The topological polar surface area (TPSA) is 61.9 Å². The van der Waals surface area contributed by atoms with Crippen LogP contribution in [0.3, 0.4) is 0 Å². The lowest BCUT2D eigenvalue weighted by Crippen LogP contribution is -2.38. The number of aryl methyl sites for hydroxylation is 1. The van der Waals surface area contributed by atoms with E-state index >= 15 is 0 Å². The molecular weight excluding hydrogens is 343 g/mol. The number of likely N-dealkylation sites (tertiary alicyclic amines) is 1. The molecule has 1 fully saturated rings. The fraction of sp³-hybridized carbons (Fsp3) is 0.389. The zero-order chi connectivity index (χ0) is 18.0. The van der Waals surface area contributed by atoms with Crippen molar-refractivity contribution in [2.24, 2.45) is 5.92 Å². The third-order valence-corrected chi connectivity index (χ3v) is 4.87. The molecule has 0 radical (unpaired) electrons. The molecule has 5 nitrogen and oxygen atoms in total. The van der Waals surface area contributed by atoms with Gasteiger partial charge in [-0.15, -0.1) is 0 Å². The van der Waals surface area contributed by atoms with E-state index < -0.39 is 0 Å². The summed E-state index contributed by atoms with van der Waals surface area (Å²) in [5, 5.41) is 13.6. The third kappa shape index (κ3) is 3.67. The van der Waals surface area contributed by atoms with E-state index in [1.807, 2.05) is 0 Å². The van der Waals surface area contributed by atoms with Crippen LogP contribution in [-0.2, 0) is 6.54 Å². The number of hydrogen-bond donors (Lipinski definition) is 0. The van der Waals surface area contributed by atoms with Crippen LogP contribution in [0, 0.1) is 30.0 Å². The normalized spacial score (nSPS) is 15.2. The van der Waals surface area contributed by atoms with E-state index in [1.165, 1.54) is 12.1 Å². The molecule has 1 saturated heterocycles. The number of hydrogen-bond acceptors (Lipinski definition) is 3. The molecule has 1 aromatic carbocycles. The zero-order valence-corrected chi connectivity index (χ0v) is 14.6. The lowest BCUT2D eigenvalue weighted by Gasteiger charge is -2.29. The average Bonchev–Trinajstić information content (AvgIpc) is 2.90. The maximum Gasteiger partial charge on any atom is 0.258 e. The van der Waals surface area contributed by atoms with Crippen molar-refractivity contribution < 1.29 is 9.18 Å². The summed E-state index contributed by atoms with van der Waals surface area (Å²) in [5.41, 5.74) is 1.82. The molecule has 0 bridgehead atoms. The van der Waals surface area contributed by atoms with E-state index in [0.717, 1.165) is 5.56 Å². The van der Waals surface area contributed by atoms with Crippen molar-refractivity contribution in [2.75, 3.05) is 13.1 Å². The SMILES string of the molecule is Cc1nn(Cc2ccc(F)cc2)c(Cl)c1C(=O)N1CCC(C#N)CC1. The van der Waals surface area contributed by atoms with Gasteiger partial charge in [-0.3, -0.25) is 4.79 Å². The summed E-state index contributed by atoms with van der Waals surface area (Å²) in [4.78, 5) is 14.5. The molecule has 7 heteroatoms. The zero-order valence-electron chi connectivity index (χ0n) is 13.9. The quantitative estimate of drug-likeness (QED) is 0.842. The smallest absolute Gasteiger partial charge is 0.258 e. The Bertz CT molecular complexity index is 817. The van der Waals surface area contributed by atoms with Crippen LogP contribution in [0.2, 0.25) is 5.15 Å². The minimum absolute atomic E-state index is 0.0156. The van der Waals surface area contributed by atoms with Crippen molar-refractivity contribution in [3.05, 3.63) is 52.1 Å².